The first-order valence-electron chi connectivity index (χ1n) is 8.72. The lowest BCUT2D eigenvalue weighted by Crippen LogP contribution is -2.13. The Morgan fingerprint density at radius 1 is 1.15 bits per heavy atom. The minimum absolute atomic E-state index is 0.0144. The summed E-state index contributed by atoms with van der Waals surface area (Å²) in [6.45, 7) is 0. The van der Waals surface area contributed by atoms with E-state index in [1.54, 1.807) is 18.4 Å². The van der Waals surface area contributed by atoms with Crippen molar-refractivity contribution in [1.82, 2.24) is 4.98 Å². The Morgan fingerprint density at radius 2 is 1.89 bits per heavy atom. The van der Waals surface area contributed by atoms with Gasteiger partial charge in [-0.1, -0.05) is 12.1 Å². The molecule has 6 heteroatoms. The van der Waals surface area contributed by atoms with Crippen LogP contribution < -0.4 is 15.0 Å². The van der Waals surface area contributed by atoms with Gasteiger partial charge in [0.2, 0.25) is 5.91 Å². The zero-order valence-electron chi connectivity index (χ0n) is 15.7. The summed E-state index contributed by atoms with van der Waals surface area (Å²) in [4.78, 5) is 18.9. The van der Waals surface area contributed by atoms with Crippen molar-refractivity contribution in [3.05, 3.63) is 59.6 Å². The van der Waals surface area contributed by atoms with E-state index in [-0.39, 0.29) is 5.91 Å². The monoisotopic (exact) mass is 381 g/mol. The van der Waals surface area contributed by atoms with E-state index in [9.17, 15) is 4.79 Å². The van der Waals surface area contributed by atoms with Crippen molar-refractivity contribution >= 4 is 28.6 Å². The quantitative estimate of drug-likeness (QED) is 0.657. The van der Waals surface area contributed by atoms with Crippen LogP contribution in [0, 0.1) is 0 Å². The molecule has 1 N–H and O–H groups in total. The van der Waals surface area contributed by atoms with Crippen molar-refractivity contribution in [2.75, 3.05) is 31.4 Å². The maximum Gasteiger partial charge on any atom is 0.224 e. The van der Waals surface area contributed by atoms with Crippen LogP contribution in [0.15, 0.2) is 53.9 Å². The smallest absolute Gasteiger partial charge is 0.224 e. The summed E-state index contributed by atoms with van der Waals surface area (Å²) >= 11 is 1.56. The number of aryl methyl sites for hydroxylation is 1. The average molecular weight is 382 g/mol. The third-order valence-corrected chi connectivity index (χ3v) is 5.09. The summed E-state index contributed by atoms with van der Waals surface area (Å²) in [6.07, 6.45) is 0.998. The number of hydrogen-bond donors (Lipinski definition) is 1. The standard InChI is InChI=1S/C21H23N3O2S/c1-24(2)17-11-8-15(9-12-17)22-20(25)13-10-16-14-27-21(23-16)18-6-4-5-7-19(18)26-3/h4-9,11-12,14H,10,13H2,1-3H3,(H,22,25). The number of rotatable bonds is 7. The molecule has 0 unspecified atom stereocenters. The SMILES string of the molecule is COc1ccccc1-c1nc(CCC(=O)Nc2ccc(N(C)C)cc2)cs1. The van der Waals surface area contributed by atoms with E-state index in [0.717, 1.165) is 33.4 Å². The number of carbonyl (C=O) groups is 1. The van der Waals surface area contributed by atoms with Gasteiger partial charge in [0.15, 0.2) is 0 Å². The van der Waals surface area contributed by atoms with E-state index in [2.05, 4.69) is 10.3 Å². The molecule has 3 rings (SSSR count). The van der Waals surface area contributed by atoms with Crippen molar-refractivity contribution in [3.63, 3.8) is 0 Å². The first-order chi connectivity index (χ1) is 13.1. The van der Waals surface area contributed by atoms with Crippen LogP contribution in [0.2, 0.25) is 0 Å². The van der Waals surface area contributed by atoms with Crippen LogP contribution in [0.5, 0.6) is 5.75 Å². The van der Waals surface area contributed by atoms with Gasteiger partial charge in [-0.15, -0.1) is 11.3 Å². The van der Waals surface area contributed by atoms with E-state index in [1.807, 2.05) is 72.9 Å². The average Bonchev–Trinajstić information content (AvgIpc) is 3.15. The van der Waals surface area contributed by atoms with Crippen LogP contribution in [0.25, 0.3) is 10.6 Å². The summed E-state index contributed by atoms with van der Waals surface area (Å²) in [5.41, 5.74) is 3.79. The Morgan fingerprint density at radius 3 is 2.59 bits per heavy atom. The molecule has 140 valence electrons. The second-order valence-electron chi connectivity index (χ2n) is 6.33. The largest absolute Gasteiger partial charge is 0.496 e. The lowest BCUT2D eigenvalue weighted by molar-refractivity contribution is -0.116. The molecule has 5 nitrogen and oxygen atoms in total. The summed E-state index contributed by atoms with van der Waals surface area (Å²) < 4.78 is 5.40. The fourth-order valence-electron chi connectivity index (χ4n) is 2.67. The number of anilines is 2. The van der Waals surface area contributed by atoms with Gasteiger partial charge in [0.05, 0.1) is 18.4 Å². The number of nitrogens with zero attached hydrogens (tertiary/aromatic N) is 2. The van der Waals surface area contributed by atoms with Gasteiger partial charge in [-0.3, -0.25) is 4.79 Å². The molecule has 0 spiro atoms. The van der Waals surface area contributed by atoms with Crippen molar-refractivity contribution in [3.8, 4) is 16.3 Å². The Bertz CT molecular complexity index is 904. The lowest BCUT2D eigenvalue weighted by Gasteiger charge is -2.13. The summed E-state index contributed by atoms with van der Waals surface area (Å²) in [6, 6.07) is 15.6. The highest BCUT2D eigenvalue weighted by Gasteiger charge is 2.11. The van der Waals surface area contributed by atoms with Crippen molar-refractivity contribution in [1.29, 1.82) is 0 Å². The van der Waals surface area contributed by atoms with Crippen molar-refractivity contribution < 1.29 is 9.53 Å². The number of carbonyl (C=O) groups excluding carboxylic acids is 1. The molecule has 0 bridgehead atoms. The predicted octanol–water partition coefficient (Wildman–Crippen LogP) is 4.46. The molecule has 2 aromatic carbocycles. The number of amides is 1. The summed E-state index contributed by atoms with van der Waals surface area (Å²) in [5.74, 6) is 0.789. The van der Waals surface area contributed by atoms with E-state index in [4.69, 9.17) is 4.74 Å². The van der Waals surface area contributed by atoms with Gasteiger partial charge < -0.3 is 15.0 Å². The maximum absolute atomic E-state index is 12.2. The van der Waals surface area contributed by atoms with E-state index in [1.165, 1.54) is 0 Å². The third kappa shape index (κ3) is 4.86. The number of ether oxygens (including phenoxy) is 1. The minimum atomic E-state index is -0.0144. The van der Waals surface area contributed by atoms with Gasteiger partial charge in [0, 0.05) is 37.3 Å². The van der Waals surface area contributed by atoms with Crippen LogP contribution in [0.3, 0.4) is 0 Å². The van der Waals surface area contributed by atoms with E-state index in [0.29, 0.717) is 12.8 Å². The fourth-order valence-corrected chi connectivity index (χ4v) is 3.56. The van der Waals surface area contributed by atoms with Gasteiger partial charge in [-0.25, -0.2) is 4.98 Å². The second-order valence-corrected chi connectivity index (χ2v) is 7.19. The molecule has 3 aromatic rings. The van der Waals surface area contributed by atoms with Gasteiger partial charge in [-0.2, -0.15) is 0 Å². The highest BCUT2D eigenvalue weighted by atomic mass is 32.1. The molecule has 0 aliphatic rings. The number of para-hydroxylation sites is 1. The molecule has 0 fully saturated rings. The van der Waals surface area contributed by atoms with Gasteiger partial charge in [0.1, 0.15) is 10.8 Å². The van der Waals surface area contributed by atoms with E-state index >= 15 is 0 Å². The highest BCUT2D eigenvalue weighted by molar-refractivity contribution is 7.13. The van der Waals surface area contributed by atoms with Crippen LogP contribution in [0.4, 0.5) is 11.4 Å². The highest BCUT2D eigenvalue weighted by Crippen LogP contribution is 2.32. The number of aromatic nitrogens is 1. The van der Waals surface area contributed by atoms with Gasteiger partial charge in [-0.05, 0) is 42.8 Å². The van der Waals surface area contributed by atoms with Gasteiger partial charge >= 0.3 is 0 Å². The number of thiazole rings is 1. The zero-order chi connectivity index (χ0) is 19.2. The first-order valence-corrected chi connectivity index (χ1v) is 9.60. The Hall–Kier alpha value is -2.86. The molecule has 1 heterocycles. The molecular formula is C21H23N3O2S. The lowest BCUT2D eigenvalue weighted by atomic mass is 10.2. The second kappa shape index (κ2) is 8.68. The molecule has 0 radical (unpaired) electrons. The maximum atomic E-state index is 12.2. The van der Waals surface area contributed by atoms with Crippen LogP contribution >= 0.6 is 11.3 Å². The van der Waals surface area contributed by atoms with Gasteiger partial charge in [0.25, 0.3) is 0 Å². The molecule has 0 aliphatic heterocycles. The molecule has 0 atom stereocenters. The molecule has 0 aliphatic carbocycles. The van der Waals surface area contributed by atoms with Crippen molar-refractivity contribution in [2.45, 2.75) is 12.8 Å². The van der Waals surface area contributed by atoms with Crippen LogP contribution in [-0.4, -0.2) is 32.1 Å². The first kappa shape index (κ1) is 18.9. The molecule has 27 heavy (non-hydrogen) atoms. The van der Waals surface area contributed by atoms with Crippen molar-refractivity contribution in [2.24, 2.45) is 0 Å². The molecule has 1 aromatic heterocycles. The Balaban J connectivity index is 1.57. The Labute approximate surface area is 163 Å². The third-order valence-electron chi connectivity index (χ3n) is 4.16. The van der Waals surface area contributed by atoms with Crippen LogP contribution in [0.1, 0.15) is 12.1 Å². The fraction of sp³-hybridized carbons (Fsp3) is 0.238. The molecular weight excluding hydrogens is 358 g/mol. The number of methoxy groups -OCH3 is 1. The minimum Gasteiger partial charge on any atom is -0.496 e. The molecule has 0 saturated carbocycles. The Kier molecular flexibility index (Phi) is 6.08. The molecule has 0 saturated heterocycles. The predicted molar refractivity (Wildman–Crippen MR) is 112 cm³/mol. The number of hydrogen-bond acceptors (Lipinski definition) is 5. The normalized spacial score (nSPS) is 10.5. The molecule has 1 amide bonds. The topological polar surface area (TPSA) is 54.5 Å². The van der Waals surface area contributed by atoms with E-state index < -0.39 is 0 Å². The number of nitrogens with one attached hydrogen (secondary N) is 1. The zero-order valence-corrected chi connectivity index (χ0v) is 16.5. The number of benzene rings is 2. The van der Waals surface area contributed by atoms with Crippen LogP contribution in [-0.2, 0) is 11.2 Å². The summed E-state index contributed by atoms with van der Waals surface area (Å²) in [5, 5.41) is 5.84. The summed E-state index contributed by atoms with van der Waals surface area (Å²) in [7, 11) is 5.63.